The Morgan fingerprint density at radius 1 is 1.22 bits per heavy atom. The Hall–Kier alpha value is -1.10. The standard InChI is InChI=1S/C14H11BrO2S/c15-14-6-5-12(17-14)11(16)7-9-8-18-13-4-2-1-3-10(9)13/h1-6,8,11,16H,7H2. The van der Waals surface area contributed by atoms with Gasteiger partial charge in [-0.2, -0.15) is 0 Å². The largest absolute Gasteiger partial charge is 0.452 e. The summed E-state index contributed by atoms with van der Waals surface area (Å²) in [6.45, 7) is 0. The van der Waals surface area contributed by atoms with E-state index >= 15 is 0 Å². The van der Waals surface area contributed by atoms with E-state index in [2.05, 4.69) is 33.4 Å². The van der Waals surface area contributed by atoms with Gasteiger partial charge in [0.2, 0.25) is 0 Å². The van der Waals surface area contributed by atoms with Crippen molar-refractivity contribution in [2.75, 3.05) is 0 Å². The molecule has 0 spiro atoms. The van der Waals surface area contributed by atoms with Crippen molar-refractivity contribution in [1.29, 1.82) is 0 Å². The molecule has 2 aromatic heterocycles. The fourth-order valence-corrected chi connectivity index (χ4v) is 3.30. The van der Waals surface area contributed by atoms with E-state index in [1.807, 2.05) is 12.1 Å². The van der Waals surface area contributed by atoms with Crippen LogP contribution in [-0.4, -0.2) is 5.11 Å². The molecule has 0 aliphatic heterocycles. The van der Waals surface area contributed by atoms with E-state index in [1.165, 1.54) is 10.1 Å². The molecule has 0 aliphatic carbocycles. The maximum Gasteiger partial charge on any atom is 0.169 e. The van der Waals surface area contributed by atoms with Gasteiger partial charge in [-0.1, -0.05) is 18.2 Å². The number of furan rings is 1. The van der Waals surface area contributed by atoms with Crippen LogP contribution < -0.4 is 0 Å². The molecular weight excluding hydrogens is 312 g/mol. The number of hydrogen-bond donors (Lipinski definition) is 1. The molecule has 3 rings (SSSR count). The predicted octanol–water partition coefficient (Wildman–Crippen LogP) is 4.53. The van der Waals surface area contributed by atoms with Crippen LogP contribution in [-0.2, 0) is 6.42 Å². The lowest BCUT2D eigenvalue weighted by molar-refractivity contribution is 0.149. The molecule has 0 radical (unpaired) electrons. The number of thiophene rings is 1. The molecule has 1 N–H and O–H groups in total. The minimum atomic E-state index is -0.602. The number of aliphatic hydroxyl groups excluding tert-OH is 1. The van der Waals surface area contributed by atoms with Crippen LogP contribution >= 0.6 is 27.3 Å². The summed E-state index contributed by atoms with van der Waals surface area (Å²) in [6.07, 6.45) is -0.0291. The van der Waals surface area contributed by atoms with Gasteiger partial charge < -0.3 is 9.52 Å². The zero-order valence-electron chi connectivity index (χ0n) is 9.47. The summed E-state index contributed by atoms with van der Waals surface area (Å²) in [4.78, 5) is 0. The number of rotatable bonds is 3. The van der Waals surface area contributed by atoms with Gasteiger partial charge in [0.15, 0.2) is 4.67 Å². The molecule has 2 heterocycles. The molecule has 92 valence electrons. The number of aliphatic hydroxyl groups is 1. The van der Waals surface area contributed by atoms with Crippen molar-refractivity contribution in [2.45, 2.75) is 12.5 Å². The first-order valence-electron chi connectivity index (χ1n) is 5.62. The molecule has 4 heteroatoms. The van der Waals surface area contributed by atoms with E-state index in [4.69, 9.17) is 4.42 Å². The Bertz CT molecular complexity index is 671. The van der Waals surface area contributed by atoms with E-state index in [0.29, 0.717) is 16.9 Å². The third-order valence-electron chi connectivity index (χ3n) is 2.90. The van der Waals surface area contributed by atoms with Gasteiger partial charge in [-0.3, -0.25) is 0 Å². The second kappa shape index (κ2) is 4.88. The molecule has 0 fully saturated rings. The van der Waals surface area contributed by atoms with Crippen molar-refractivity contribution < 1.29 is 9.52 Å². The second-order valence-electron chi connectivity index (χ2n) is 4.12. The highest BCUT2D eigenvalue weighted by Gasteiger charge is 2.15. The number of fused-ring (bicyclic) bond motifs is 1. The van der Waals surface area contributed by atoms with Crippen molar-refractivity contribution in [2.24, 2.45) is 0 Å². The van der Waals surface area contributed by atoms with Crippen LogP contribution in [0.1, 0.15) is 17.4 Å². The zero-order valence-corrected chi connectivity index (χ0v) is 11.9. The van der Waals surface area contributed by atoms with E-state index in [-0.39, 0.29) is 0 Å². The maximum absolute atomic E-state index is 10.2. The Morgan fingerprint density at radius 2 is 2.06 bits per heavy atom. The smallest absolute Gasteiger partial charge is 0.169 e. The van der Waals surface area contributed by atoms with Gasteiger partial charge in [0.05, 0.1) is 0 Å². The Kier molecular flexibility index (Phi) is 3.24. The molecule has 3 aromatic rings. The van der Waals surface area contributed by atoms with Gasteiger partial charge in [-0.15, -0.1) is 11.3 Å². The summed E-state index contributed by atoms with van der Waals surface area (Å²) < 4.78 is 7.27. The summed E-state index contributed by atoms with van der Waals surface area (Å²) in [6, 6.07) is 11.8. The van der Waals surface area contributed by atoms with Gasteiger partial charge in [-0.25, -0.2) is 0 Å². The average Bonchev–Trinajstić information content (AvgIpc) is 2.97. The highest BCUT2D eigenvalue weighted by Crippen LogP contribution is 2.30. The summed E-state index contributed by atoms with van der Waals surface area (Å²) >= 11 is 4.95. The third-order valence-corrected chi connectivity index (χ3v) is 4.34. The van der Waals surface area contributed by atoms with Crippen LogP contribution in [0.2, 0.25) is 0 Å². The molecule has 0 saturated heterocycles. The number of hydrogen-bond acceptors (Lipinski definition) is 3. The normalized spacial score (nSPS) is 13.0. The lowest BCUT2D eigenvalue weighted by Crippen LogP contribution is -1.99. The highest BCUT2D eigenvalue weighted by molar-refractivity contribution is 9.10. The molecule has 0 saturated carbocycles. The summed E-state index contributed by atoms with van der Waals surface area (Å²) in [5.74, 6) is 0.595. The fraction of sp³-hybridized carbons (Fsp3) is 0.143. The van der Waals surface area contributed by atoms with Crippen molar-refractivity contribution in [3.63, 3.8) is 0 Å². The molecule has 1 unspecified atom stereocenters. The molecule has 1 atom stereocenters. The van der Waals surface area contributed by atoms with E-state index in [1.54, 1.807) is 23.5 Å². The topological polar surface area (TPSA) is 33.4 Å². The quantitative estimate of drug-likeness (QED) is 0.768. The highest BCUT2D eigenvalue weighted by atomic mass is 79.9. The monoisotopic (exact) mass is 322 g/mol. The summed E-state index contributed by atoms with van der Waals surface area (Å²) in [7, 11) is 0. The maximum atomic E-state index is 10.2. The molecule has 0 aliphatic rings. The predicted molar refractivity (Wildman–Crippen MR) is 76.9 cm³/mol. The third kappa shape index (κ3) is 2.23. The van der Waals surface area contributed by atoms with Crippen molar-refractivity contribution in [1.82, 2.24) is 0 Å². The van der Waals surface area contributed by atoms with Gasteiger partial charge >= 0.3 is 0 Å². The minimum absolute atomic E-state index is 0.573. The van der Waals surface area contributed by atoms with Gasteiger partial charge in [0.1, 0.15) is 11.9 Å². The molecule has 0 amide bonds. The van der Waals surface area contributed by atoms with E-state index in [0.717, 1.165) is 5.56 Å². The van der Waals surface area contributed by atoms with Crippen LogP contribution in [0.15, 0.2) is 50.9 Å². The fourth-order valence-electron chi connectivity index (χ4n) is 2.01. The van der Waals surface area contributed by atoms with Crippen LogP contribution in [0.4, 0.5) is 0 Å². The van der Waals surface area contributed by atoms with Crippen molar-refractivity contribution >= 4 is 37.4 Å². The molecule has 0 bridgehead atoms. The van der Waals surface area contributed by atoms with Gasteiger partial charge in [0, 0.05) is 11.1 Å². The first kappa shape index (κ1) is 12.0. The molecule has 2 nitrogen and oxygen atoms in total. The Labute approximate surface area is 117 Å². The molecule has 18 heavy (non-hydrogen) atoms. The number of halogens is 1. The lowest BCUT2D eigenvalue weighted by atomic mass is 10.1. The van der Waals surface area contributed by atoms with Crippen LogP contribution in [0, 0.1) is 0 Å². The first-order chi connectivity index (χ1) is 8.74. The van der Waals surface area contributed by atoms with Gasteiger partial charge in [-0.05, 0) is 50.5 Å². The van der Waals surface area contributed by atoms with Crippen molar-refractivity contribution in [3.8, 4) is 0 Å². The Morgan fingerprint density at radius 3 is 2.83 bits per heavy atom. The zero-order chi connectivity index (χ0) is 12.5. The minimum Gasteiger partial charge on any atom is -0.452 e. The van der Waals surface area contributed by atoms with E-state index in [9.17, 15) is 5.11 Å². The molecular formula is C14H11BrO2S. The molecule has 1 aromatic carbocycles. The van der Waals surface area contributed by atoms with Crippen LogP contribution in [0.25, 0.3) is 10.1 Å². The summed E-state index contributed by atoms with van der Waals surface area (Å²) in [5, 5.41) is 13.5. The van der Waals surface area contributed by atoms with Crippen molar-refractivity contribution in [3.05, 3.63) is 57.8 Å². The number of benzene rings is 1. The SMILES string of the molecule is OC(Cc1csc2ccccc12)c1ccc(Br)o1. The Balaban J connectivity index is 1.88. The van der Waals surface area contributed by atoms with Crippen LogP contribution in [0.5, 0.6) is 0 Å². The first-order valence-corrected chi connectivity index (χ1v) is 7.30. The van der Waals surface area contributed by atoms with Gasteiger partial charge in [0.25, 0.3) is 0 Å². The van der Waals surface area contributed by atoms with Crippen LogP contribution in [0.3, 0.4) is 0 Å². The average molecular weight is 323 g/mol. The van der Waals surface area contributed by atoms with E-state index < -0.39 is 6.10 Å². The second-order valence-corrected chi connectivity index (χ2v) is 5.81. The summed E-state index contributed by atoms with van der Waals surface area (Å²) in [5.41, 5.74) is 1.16. The lowest BCUT2D eigenvalue weighted by Gasteiger charge is -2.06.